The van der Waals surface area contributed by atoms with Gasteiger partial charge in [-0.15, -0.1) is 0 Å². The topological polar surface area (TPSA) is 211 Å². The third kappa shape index (κ3) is 25.1. The molecule has 0 fully saturated rings. The predicted octanol–water partition coefficient (Wildman–Crippen LogP) is 3.60. The molecule has 0 bridgehead atoms. The van der Waals surface area contributed by atoms with E-state index in [1.807, 2.05) is 0 Å². The standard InChI is InChI=1S/C13H25N5O4.C12H25N3O4/c1-5-21-11(19)15-8-10-18(9-6-7-16-17-14)12(20)22-13(2,3)4;1-12(2,3)19-11(17)15(8-5-6-13)9-7-14-10(16)18-4/h5-10H2,1-4H3,(H,15,19);5-9,13H2,1-4H3,(H,14,16). The normalized spacial score (nSPS) is 10.6. The molecule has 0 radical (unpaired) electrons. The number of amides is 4. The quantitative estimate of drug-likeness (QED) is 0.0885. The molecule has 0 saturated carbocycles. The molecule has 0 aromatic heterocycles. The van der Waals surface area contributed by atoms with Crippen molar-refractivity contribution < 1.29 is 38.1 Å². The SMILES string of the molecule is CCOC(=O)NCCN(CCCN=[N+]=[N-])C(=O)OC(C)(C)C.COC(=O)NCCN(CCCN)C(=O)OC(C)(C)C. The molecule has 0 aliphatic rings. The summed E-state index contributed by atoms with van der Waals surface area (Å²) >= 11 is 0. The van der Waals surface area contributed by atoms with Crippen molar-refractivity contribution in [3.05, 3.63) is 10.4 Å². The molecule has 0 atom stereocenters. The highest BCUT2D eigenvalue weighted by atomic mass is 16.6. The number of alkyl carbamates (subject to hydrolysis) is 2. The van der Waals surface area contributed by atoms with Crippen LogP contribution in [0.25, 0.3) is 10.4 Å². The number of nitrogens with one attached hydrogen (secondary N) is 2. The van der Waals surface area contributed by atoms with Crippen molar-refractivity contribution in [1.82, 2.24) is 20.4 Å². The molecule has 238 valence electrons. The summed E-state index contributed by atoms with van der Waals surface area (Å²) in [5.74, 6) is 0. The van der Waals surface area contributed by atoms with Gasteiger partial charge in [-0.25, -0.2) is 19.2 Å². The second kappa shape index (κ2) is 22.1. The van der Waals surface area contributed by atoms with E-state index >= 15 is 0 Å². The van der Waals surface area contributed by atoms with Gasteiger partial charge in [-0.1, -0.05) is 5.11 Å². The average molecular weight is 591 g/mol. The summed E-state index contributed by atoms with van der Waals surface area (Å²) in [6.45, 7) is 15.6. The third-order valence-corrected chi connectivity index (χ3v) is 4.45. The lowest BCUT2D eigenvalue weighted by Crippen LogP contribution is -2.42. The zero-order chi connectivity index (χ0) is 31.9. The molecule has 0 aliphatic carbocycles. The molecule has 0 aromatic rings. The highest BCUT2D eigenvalue weighted by molar-refractivity contribution is 5.69. The second-order valence-electron chi connectivity index (χ2n) is 10.5. The van der Waals surface area contributed by atoms with Crippen LogP contribution in [0.4, 0.5) is 19.2 Å². The number of rotatable bonds is 14. The second-order valence-corrected chi connectivity index (χ2v) is 10.5. The number of hydrogen-bond donors (Lipinski definition) is 3. The first-order valence-electron chi connectivity index (χ1n) is 13.5. The van der Waals surface area contributed by atoms with Crippen LogP contribution in [0, 0.1) is 0 Å². The van der Waals surface area contributed by atoms with E-state index in [9.17, 15) is 19.2 Å². The number of azide groups is 1. The summed E-state index contributed by atoms with van der Waals surface area (Å²) in [7, 11) is 1.29. The number of hydrogen-bond acceptors (Lipinski definition) is 10. The van der Waals surface area contributed by atoms with E-state index in [0.29, 0.717) is 52.1 Å². The molecule has 0 aliphatic heterocycles. The van der Waals surface area contributed by atoms with Crippen LogP contribution >= 0.6 is 0 Å². The molecule has 0 heterocycles. The monoisotopic (exact) mass is 590 g/mol. The maximum absolute atomic E-state index is 12.1. The molecular weight excluding hydrogens is 540 g/mol. The van der Waals surface area contributed by atoms with Crippen LogP contribution in [-0.4, -0.2) is 111 Å². The van der Waals surface area contributed by atoms with Crippen molar-refractivity contribution >= 4 is 24.4 Å². The van der Waals surface area contributed by atoms with E-state index in [1.165, 1.54) is 16.9 Å². The summed E-state index contributed by atoms with van der Waals surface area (Å²) in [5.41, 5.74) is 12.5. The third-order valence-electron chi connectivity index (χ3n) is 4.45. The van der Waals surface area contributed by atoms with Gasteiger partial charge in [0.25, 0.3) is 0 Å². The molecule has 41 heavy (non-hydrogen) atoms. The van der Waals surface area contributed by atoms with E-state index < -0.39 is 35.6 Å². The van der Waals surface area contributed by atoms with Crippen LogP contribution in [0.1, 0.15) is 61.3 Å². The Morgan fingerprint density at radius 3 is 1.68 bits per heavy atom. The van der Waals surface area contributed by atoms with Gasteiger partial charge in [0, 0.05) is 50.7 Å². The van der Waals surface area contributed by atoms with E-state index in [1.54, 1.807) is 48.5 Å². The van der Waals surface area contributed by atoms with Crippen molar-refractivity contribution in [2.45, 2.75) is 72.5 Å². The molecule has 0 aromatic carbocycles. The molecule has 4 N–H and O–H groups in total. The van der Waals surface area contributed by atoms with Gasteiger partial charge in [-0.05, 0) is 73.4 Å². The Morgan fingerprint density at radius 1 is 0.829 bits per heavy atom. The summed E-state index contributed by atoms with van der Waals surface area (Å²) in [6, 6.07) is 0. The Balaban J connectivity index is 0. The molecule has 4 amide bonds. The number of methoxy groups -OCH3 is 1. The Labute approximate surface area is 243 Å². The minimum absolute atomic E-state index is 0.250. The fourth-order valence-corrected chi connectivity index (χ4v) is 2.74. The van der Waals surface area contributed by atoms with Gasteiger partial charge in [0.2, 0.25) is 0 Å². The van der Waals surface area contributed by atoms with Gasteiger partial charge < -0.3 is 45.1 Å². The number of nitrogens with two attached hydrogens (primary N) is 1. The molecular formula is C25H50N8O8. The Kier molecular flexibility index (Phi) is 21.3. The van der Waals surface area contributed by atoms with E-state index in [-0.39, 0.29) is 19.7 Å². The number of ether oxygens (including phenoxy) is 4. The zero-order valence-electron chi connectivity index (χ0n) is 25.9. The number of nitrogens with zero attached hydrogens (tertiary/aromatic N) is 5. The van der Waals surface area contributed by atoms with Crippen LogP contribution in [0.3, 0.4) is 0 Å². The Hall–Kier alpha value is -3.65. The fraction of sp³-hybridized carbons (Fsp3) is 0.840. The van der Waals surface area contributed by atoms with E-state index in [4.69, 9.17) is 25.5 Å². The first-order valence-corrected chi connectivity index (χ1v) is 13.5. The summed E-state index contributed by atoms with van der Waals surface area (Å²) in [4.78, 5) is 51.8. The lowest BCUT2D eigenvalue weighted by molar-refractivity contribution is 0.0240. The van der Waals surface area contributed by atoms with Crippen molar-refractivity contribution in [2.24, 2.45) is 10.8 Å². The zero-order valence-corrected chi connectivity index (χ0v) is 25.9. The number of carbonyl (C=O) groups is 4. The molecule has 0 unspecified atom stereocenters. The van der Waals surface area contributed by atoms with Crippen LogP contribution in [0.2, 0.25) is 0 Å². The van der Waals surface area contributed by atoms with Crippen molar-refractivity contribution in [3.8, 4) is 0 Å². The van der Waals surface area contributed by atoms with Gasteiger partial charge in [0.15, 0.2) is 0 Å². The predicted molar refractivity (Wildman–Crippen MR) is 153 cm³/mol. The van der Waals surface area contributed by atoms with Gasteiger partial charge in [0.05, 0.1) is 13.7 Å². The van der Waals surface area contributed by atoms with Gasteiger partial charge >= 0.3 is 24.4 Å². The molecule has 0 rings (SSSR count). The molecule has 0 spiro atoms. The van der Waals surface area contributed by atoms with Crippen LogP contribution in [0.5, 0.6) is 0 Å². The van der Waals surface area contributed by atoms with Crippen molar-refractivity contribution in [3.63, 3.8) is 0 Å². The Bertz CT molecular complexity index is 823. The number of carbonyl (C=O) groups excluding carboxylic acids is 4. The molecule has 0 saturated heterocycles. The first kappa shape index (κ1) is 39.5. The minimum Gasteiger partial charge on any atom is -0.453 e. The first-order chi connectivity index (χ1) is 19.1. The van der Waals surface area contributed by atoms with Crippen LogP contribution in [0.15, 0.2) is 5.11 Å². The largest absolute Gasteiger partial charge is 0.453 e. The van der Waals surface area contributed by atoms with Gasteiger partial charge in [0.1, 0.15) is 11.2 Å². The lowest BCUT2D eigenvalue weighted by Gasteiger charge is -2.27. The van der Waals surface area contributed by atoms with Crippen LogP contribution < -0.4 is 16.4 Å². The highest BCUT2D eigenvalue weighted by Crippen LogP contribution is 2.11. The fourth-order valence-electron chi connectivity index (χ4n) is 2.74. The van der Waals surface area contributed by atoms with Gasteiger partial charge in [-0.3, -0.25) is 0 Å². The van der Waals surface area contributed by atoms with Gasteiger partial charge in [-0.2, -0.15) is 0 Å². The molecule has 16 nitrogen and oxygen atoms in total. The van der Waals surface area contributed by atoms with Crippen molar-refractivity contribution in [1.29, 1.82) is 0 Å². The summed E-state index contributed by atoms with van der Waals surface area (Å²) in [6.07, 6.45) is -0.740. The van der Waals surface area contributed by atoms with Crippen LogP contribution in [-0.2, 0) is 18.9 Å². The Morgan fingerprint density at radius 2 is 1.29 bits per heavy atom. The van der Waals surface area contributed by atoms with E-state index in [0.717, 1.165) is 0 Å². The maximum Gasteiger partial charge on any atom is 0.410 e. The summed E-state index contributed by atoms with van der Waals surface area (Å²) < 4.78 is 19.8. The van der Waals surface area contributed by atoms with E-state index in [2.05, 4.69) is 25.4 Å². The average Bonchev–Trinajstić information content (AvgIpc) is 2.85. The molecule has 16 heteroatoms. The smallest absolute Gasteiger partial charge is 0.410 e. The highest BCUT2D eigenvalue weighted by Gasteiger charge is 2.23. The summed E-state index contributed by atoms with van der Waals surface area (Å²) in [5, 5.41) is 8.48. The maximum atomic E-state index is 12.1. The minimum atomic E-state index is -0.602. The lowest BCUT2D eigenvalue weighted by atomic mass is 10.2. The van der Waals surface area contributed by atoms with Crippen molar-refractivity contribution in [2.75, 3.05) is 66.1 Å².